The summed E-state index contributed by atoms with van der Waals surface area (Å²) < 4.78 is 21.6. The Bertz CT molecular complexity index is 1350. The molecule has 1 aliphatic heterocycles. The lowest BCUT2D eigenvalue weighted by atomic mass is 9.97. The number of anilines is 2. The highest BCUT2D eigenvalue weighted by Crippen LogP contribution is 2.35. The summed E-state index contributed by atoms with van der Waals surface area (Å²) in [5.41, 5.74) is 4.02. The number of piperidine rings is 1. The minimum absolute atomic E-state index is 0.0406. The second kappa shape index (κ2) is 9.06. The van der Waals surface area contributed by atoms with Gasteiger partial charge in [0, 0.05) is 18.8 Å². The molecule has 0 saturated carbocycles. The maximum Gasteiger partial charge on any atom is 0.229 e. The van der Waals surface area contributed by atoms with Crippen molar-refractivity contribution in [3.8, 4) is 11.4 Å². The van der Waals surface area contributed by atoms with Gasteiger partial charge >= 0.3 is 0 Å². The number of rotatable bonds is 5. The molecule has 5 rings (SSSR count). The molecule has 9 heteroatoms. The van der Waals surface area contributed by atoms with Crippen LogP contribution in [0.2, 0.25) is 0 Å². The lowest BCUT2D eigenvalue weighted by molar-refractivity contribution is -0.120. The van der Waals surface area contributed by atoms with Gasteiger partial charge in [-0.3, -0.25) is 4.79 Å². The largest absolute Gasteiger partial charge is 0.497 e. The molecule has 7 nitrogen and oxygen atoms in total. The number of nitrogens with zero attached hydrogens (tertiary/aromatic N) is 4. The Morgan fingerprint density at radius 3 is 2.74 bits per heavy atom. The van der Waals surface area contributed by atoms with Gasteiger partial charge in [0.2, 0.25) is 5.91 Å². The van der Waals surface area contributed by atoms with E-state index in [4.69, 9.17) is 9.72 Å². The number of fused-ring (bicyclic) bond motifs is 1. The Hall–Kier alpha value is -3.46. The van der Waals surface area contributed by atoms with Gasteiger partial charge in [0.05, 0.1) is 29.1 Å². The highest BCUT2D eigenvalue weighted by atomic mass is 32.1. The molecule has 0 spiro atoms. The van der Waals surface area contributed by atoms with Crippen molar-refractivity contribution in [2.24, 2.45) is 5.92 Å². The number of thiazole rings is 1. The van der Waals surface area contributed by atoms with E-state index in [0.717, 1.165) is 52.0 Å². The quantitative estimate of drug-likeness (QED) is 0.431. The first-order valence-corrected chi connectivity index (χ1v) is 12.1. The summed E-state index contributed by atoms with van der Waals surface area (Å²) in [6.07, 6.45) is 1.71. The lowest BCUT2D eigenvalue weighted by Gasteiger charge is -2.31. The number of amides is 1. The van der Waals surface area contributed by atoms with Crippen LogP contribution in [0.1, 0.15) is 24.1 Å². The Kier molecular flexibility index (Phi) is 5.95. The zero-order chi connectivity index (χ0) is 23.8. The van der Waals surface area contributed by atoms with Crippen molar-refractivity contribution in [1.29, 1.82) is 0 Å². The van der Waals surface area contributed by atoms with Gasteiger partial charge in [-0.1, -0.05) is 11.3 Å². The number of methoxy groups -OCH3 is 1. The van der Waals surface area contributed by atoms with E-state index in [1.165, 1.54) is 12.1 Å². The molecular formula is C25H26FN5O2S. The second-order valence-corrected chi connectivity index (χ2v) is 9.56. The predicted molar refractivity (Wildman–Crippen MR) is 133 cm³/mol. The average Bonchev–Trinajstić information content (AvgIpc) is 3.41. The van der Waals surface area contributed by atoms with E-state index in [2.05, 4.69) is 15.3 Å². The van der Waals surface area contributed by atoms with Crippen LogP contribution in [0.5, 0.6) is 5.75 Å². The summed E-state index contributed by atoms with van der Waals surface area (Å²) in [6.45, 7) is 5.23. The third-order valence-electron chi connectivity index (χ3n) is 6.20. The van der Waals surface area contributed by atoms with Gasteiger partial charge in [0.1, 0.15) is 11.6 Å². The van der Waals surface area contributed by atoms with Crippen LogP contribution in [0.25, 0.3) is 16.0 Å². The van der Waals surface area contributed by atoms with E-state index in [0.29, 0.717) is 17.8 Å². The number of hydrogen-bond acceptors (Lipinski definition) is 6. The maximum atomic E-state index is 13.4. The van der Waals surface area contributed by atoms with Crippen molar-refractivity contribution in [3.05, 3.63) is 59.5 Å². The van der Waals surface area contributed by atoms with Crippen molar-refractivity contribution in [2.75, 3.05) is 30.4 Å². The van der Waals surface area contributed by atoms with Crippen LogP contribution >= 0.6 is 11.3 Å². The second-order valence-electron chi connectivity index (χ2n) is 8.58. The normalized spacial score (nSPS) is 16.1. The molecule has 1 N–H and O–H groups in total. The fourth-order valence-corrected chi connectivity index (χ4v) is 5.35. The van der Waals surface area contributed by atoms with Gasteiger partial charge in [-0.2, -0.15) is 10.1 Å². The van der Waals surface area contributed by atoms with Crippen LogP contribution < -0.4 is 15.0 Å². The molecule has 1 atom stereocenters. The molecule has 34 heavy (non-hydrogen) atoms. The molecule has 0 aliphatic carbocycles. The minimum atomic E-state index is -0.307. The summed E-state index contributed by atoms with van der Waals surface area (Å²) in [5, 5.41) is 8.55. The smallest absolute Gasteiger partial charge is 0.229 e. The van der Waals surface area contributed by atoms with E-state index >= 15 is 0 Å². The monoisotopic (exact) mass is 479 g/mol. The van der Waals surface area contributed by atoms with Crippen molar-refractivity contribution >= 4 is 38.4 Å². The fourth-order valence-electron chi connectivity index (χ4n) is 4.33. The zero-order valence-corrected chi connectivity index (χ0v) is 20.2. The number of aromatic nitrogens is 3. The van der Waals surface area contributed by atoms with E-state index < -0.39 is 0 Å². The minimum Gasteiger partial charge on any atom is -0.497 e. The molecule has 3 heterocycles. The van der Waals surface area contributed by atoms with Crippen LogP contribution in [0.15, 0.2) is 42.5 Å². The molecule has 1 fully saturated rings. The first-order valence-electron chi connectivity index (χ1n) is 11.3. The summed E-state index contributed by atoms with van der Waals surface area (Å²) in [5.74, 6) is 0.278. The van der Waals surface area contributed by atoms with Crippen LogP contribution in [-0.4, -0.2) is 40.9 Å². The van der Waals surface area contributed by atoms with Crippen molar-refractivity contribution in [2.45, 2.75) is 26.7 Å². The number of aryl methyl sites for hydroxylation is 2. The Labute approximate surface area is 201 Å². The Morgan fingerprint density at radius 2 is 2.00 bits per heavy atom. The molecular weight excluding hydrogens is 453 g/mol. The van der Waals surface area contributed by atoms with E-state index in [-0.39, 0.29) is 17.6 Å². The molecule has 0 unspecified atom stereocenters. The molecule has 2 aromatic carbocycles. The van der Waals surface area contributed by atoms with Gasteiger partial charge in [-0.05, 0) is 74.7 Å². The number of benzene rings is 2. The predicted octanol–water partition coefficient (Wildman–Crippen LogP) is 5.10. The molecule has 1 aliphatic rings. The maximum absolute atomic E-state index is 13.4. The summed E-state index contributed by atoms with van der Waals surface area (Å²) >= 11 is 1.61. The molecule has 0 radical (unpaired) electrons. The molecule has 4 aromatic rings. The number of hydrogen-bond donors (Lipinski definition) is 1. The van der Waals surface area contributed by atoms with E-state index in [9.17, 15) is 9.18 Å². The number of halogens is 1. The SMILES string of the molecule is COc1ccc(-n2nc(C)c3sc(N4CCC[C@H](C(=O)Nc5ccc(F)cc5C)C4)nc32)cc1. The zero-order valence-electron chi connectivity index (χ0n) is 19.3. The molecule has 1 amide bonds. The van der Waals surface area contributed by atoms with E-state index in [1.807, 2.05) is 35.9 Å². The van der Waals surface area contributed by atoms with Crippen LogP contribution in [0, 0.1) is 25.6 Å². The fraction of sp³-hybridized carbons (Fsp3) is 0.320. The van der Waals surface area contributed by atoms with Gasteiger partial charge in [-0.25, -0.2) is 9.07 Å². The van der Waals surface area contributed by atoms with Gasteiger partial charge < -0.3 is 15.0 Å². The number of nitrogens with one attached hydrogen (secondary N) is 1. The number of ether oxygens (including phenoxy) is 1. The first-order chi connectivity index (χ1) is 16.4. The van der Waals surface area contributed by atoms with Crippen LogP contribution in [0.3, 0.4) is 0 Å². The topological polar surface area (TPSA) is 72.3 Å². The van der Waals surface area contributed by atoms with Crippen molar-refractivity contribution in [1.82, 2.24) is 14.8 Å². The summed E-state index contributed by atoms with van der Waals surface area (Å²) in [4.78, 5) is 20.1. The van der Waals surface area contributed by atoms with Crippen LogP contribution in [0.4, 0.5) is 15.2 Å². The Balaban J connectivity index is 1.36. The molecule has 1 saturated heterocycles. The molecule has 2 aromatic heterocycles. The van der Waals surface area contributed by atoms with Crippen LogP contribution in [-0.2, 0) is 4.79 Å². The third-order valence-corrected chi connectivity index (χ3v) is 7.42. The molecule has 176 valence electrons. The highest BCUT2D eigenvalue weighted by Gasteiger charge is 2.28. The average molecular weight is 480 g/mol. The standard InChI is InChI=1S/C25H26FN5O2S/c1-15-13-18(26)6-11-21(15)27-24(32)17-5-4-12-30(14-17)25-28-23-22(34-25)16(2)29-31(23)19-7-9-20(33-3)10-8-19/h6-11,13,17H,4-5,12,14H2,1-3H3,(H,27,32)/t17-/m0/s1. The van der Waals surface area contributed by atoms with Gasteiger partial charge in [0.25, 0.3) is 0 Å². The lowest BCUT2D eigenvalue weighted by Crippen LogP contribution is -2.40. The third kappa shape index (κ3) is 4.23. The van der Waals surface area contributed by atoms with Crippen molar-refractivity contribution in [3.63, 3.8) is 0 Å². The van der Waals surface area contributed by atoms with Gasteiger partial charge in [0.15, 0.2) is 10.8 Å². The first kappa shape index (κ1) is 22.3. The summed E-state index contributed by atoms with van der Waals surface area (Å²) in [7, 11) is 1.64. The number of carbonyl (C=O) groups is 1. The van der Waals surface area contributed by atoms with Gasteiger partial charge in [-0.15, -0.1) is 0 Å². The van der Waals surface area contributed by atoms with Crippen molar-refractivity contribution < 1.29 is 13.9 Å². The highest BCUT2D eigenvalue weighted by molar-refractivity contribution is 7.22. The summed E-state index contributed by atoms with van der Waals surface area (Å²) in [6, 6.07) is 12.1. The van der Waals surface area contributed by atoms with E-state index in [1.54, 1.807) is 31.4 Å². The molecule has 0 bridgehead atoms. The number of carbonyl (C=O) groups excluding carboxylic acids is 1. The Morgan fingerprint density at radius 1 is 1.21 bits per heavy atom.